The highest BCUT2D eigenvalue weighted by Crippen LogP contribution is 2.17. The fourth-order valence-corrected chi connectivity index (χ4v) is 2.07. The molecule has 0 saturated heterocycles. The first kappa shape index (κ1) is 12.6. The quantitative estimate of drug-likeness (QED) is 0.680. The zero-order chi connectivity index (χ0) is 14.1. The third-order valence-corrected chi connectivity index (χ3v) is 3.08. The minimum absolute atomic E-state index is 0.203. The Morgan fingerprint density at radius 2 is 1.95 bits per heavy atom. The maximum absolute atomic E-state index is 12.4. The number of nitrogens with zero attached hydrogens (tertiary/aromatic N) is 3. The van der Waals surface area contributed by atoms with Crippen LogP contribution in [0.2, 0.25) is 5.15 Å². The Balaban J connectivity index is 2.20. The number of fused-ring (bicyclic) bond motifs is 1. The highest BCUT2D eigenvalue weighted by Gasteiger charge is 2.12. The smallest absolute Gasteiger partial charge is 0.294 e. The lowest BCUT2D eigenvalue weighted by Crippen LogP contribution is -2.27. The number of hydrogen-bond acceptors (Lipinski definition) is 4. The molecule has 2 aromatic heterocycles. The second-order valence-corrected chi connectivity index (χ2v) is 4.52. The summed E-state index contributed by atoms with van der Waals surface area (Å²) in [5.41, 5.74) is 0.0604. The van der Waals surface area contributed by atoms with Gasteiger partial charge >= 0.3 is 0 Å². The van der Waals surface area contributed by atoms with Crippen molar-refractivity contribution in [1.29, 1.82) is 0 Å². The molecule has 0 aliphatic heterocycles. The summed E-state index contributed by atoms with van der Waals surface area (Å²) < 4.78 is 1.15. The van der Waals surface area contributed by atoms with Crippen molar-refractivity contribution in [2.75, 3.05) is 0 Å². The van der Waals surface area contributed by atoms with E-state index in [1.807, 2.05) is 18.2 Å². The van der Waals surface area contributed by atoms with E-state index in [9.17, 15) is 4.79 Å². The molecule has 0 aliphatic carbocycles. The van der Waals surface area contributed by atoms with E-state index in [2.05, 4.69) is 9.97 Å². The van der Waals surface area contributed by atoms with Gasteiger partial charge in [-0.3, -0.25) is 4.79 Å². The molecule has 5 nitrogen and oxygen atoms in total. The SMILES string of the molecule is Cc1nc2c(Cl)nccc2c(=O)n1Oc1ccccc1. The molecule has 0 N–H and O–H groups in total. The number of rotatable bonds is 2. The summed E-state index contributed by atoms with van der Waals surface area (Å²) in [5, 5.41) is 0.570. The largest absolute Gasteiger partial charge is 0.370 e. The summed E-state index contributed by atoms with van der Waals surface area (Å²) in [6, 6.07) is 10.6. The van der Waals surface area contributed by atoms with Gasteiger partial charge in [0.25, 0.3) is 5.56 Å². The second-order valence-electron chi connectivity index (χ2n) is 4.16. The highest BCUT2D eigenvalue weighted by atomic mass is 35.5. The van der Waals surface area contributed by atoms with Crippen LogP contribution in [-0.4, -0.2) is 14.7 Å². The van der Waals surface area contributed by atoms with Crippen molar-refractivity contribution in [3.8, 4) is 5.75 Å². The van der Waals surface area contributed by atoms with Crippen LogP contribution in [0, 0.1) is 6.92 Å². The lowest BCUT2D eigenvalue weighted by atomic mass is 10.3. The van der Waals surface area contributed by atoms with E-state index in [0.717, 1.165) is 4.73 Å². The molecular formula is C14H10ClN3O2. The van der Waals surface area contributed by atoms with Crippen LogP contribution in [0.15, 0.2) is 47.4 Å². The van der Waals surface area contributed by atoms with E-state index in [1.165, 1.54) is 6.20 Å². The number of aryl methyl sites for hydroxylation is 1. The van der Waals surface area contributed by atoms with Crippen molar-refractivity contribution < 1.29 is 4.84 Å². The molecule has 0 fully saturated rings. The van der Waals surface area contributed by atoms with Gasteiger partial charge in [-0.25, -0.2) is 9.97 Å². The van der Waals surface area contributed by atoms with Gasteiger partial charge in [-0.15, -0.1) is 4.73 Å². The molecule has 0 radical (unpaired) electrons. The fraction of sp³-hybridized carbons (Fsp3) is 0.0714. The third kappa shape index (κ3) is 2.12. The highest BCUT2D eigenvalue weighted by molar-refractivity contribution is 6.33. The maximum atomic E-state index is 12.4. The first-order valence-electron chi connectivity index (χ1n) is 5.94. The Morgan fingerprint density at radius 3 is 2.70 bits per heavy atom. The average Bonchev–Trinajstić information content (AvgIpc) is 2.46. The standard InChI is InChI=1S/C14H10ClN3O2/c1-9-17-12-11(7-8-16-13(12)15)14(19)18(9)20-10-5-3-2-4-6-10/h2-8H,1H3. The van der Waals surface area contributed by atoms with Gasteiger partial charge in [0.1, 0.15) is 11.3 Å². The lowest BCUT2D eigenvalue weighted by Gasteiger charge is -2.11. The molecule has 20 heavy (non-hydrogen) atoms. The Morgan fingerprint density at radius 1 is 1.20 bits per heavy atom. The van der Waals surface area contributed by atoms with Gasteiger partial charge in [0, 0.05) is 6.20 Å². The monoisotopic (exact) mass is 287 g/mol. The Labute approximate surface area is 119 Å². The normalized spacial score (nSPS) is 10.7. The number of para-hydroxylation sites is 1. The van der Waals surface area contributed by atoms with Crippen LogP contribution < -0.4 is 10.4 Å². The van der Waals surface area contributed by atoms with Crippen LogP contribution in [0.4, 0.5) is 0 Å². The van der Waals surface area contributed by atoms with Gasteiger partial charge in [0.2, 0.25) is 0 Å². The van der Waals surface area contributed by atoms with Crippen molar-refractivity contribution >= 4 is 22.5 Å². The zero-order valence-electron chi connectivity index (χ0n) is 10.6. The molecule has 0 aliphatic rings. The Kier molecular flexibility index (Phi) is 3.12. The minimum Gasteiger partial charge on any atom is -0.370 e. The molecule has 0 unspecified atom stereocenters. The molecule has 100 valence electrons. The molecular weight excluding hydrogens is 278 g/mol. The number of benzene rings is 1. The van der Waals surface area contributed by atoms with Crippen LogP contribution in [0.3, 0.4) is 0 Å². The van der Waals surface area contributed by atoms with E-state index in [-0.39, 0.29) is 10.7 Å². The van der Waals surface area contributed by atoms with E-state index in [4.69, 9.17) is 16.4 Å². The summed E-state index contributed by atoms with van der Waals surface area (Å²) in [7, 11) is 0. The van der Waals surface area contributed by atoms with Crippen molar-refractivity contribution in [3.05, 3.63) is 63.9 Å². The fourth-order valence-electron chi connectivity index (χ4n) is 1.87. The molecule has 0 spiro atoms. The van der Waals surface area contributed by atoms with Gasteiger partial charge in [-0.05, 0) is 25.1 Å². The summed E-state index contributed by atoms with van der Waals surface area (Å²) in [5.74, 6) is 0.959. The van der Waals surface area contributed by atoms with Crippen molar-refractivity contribution in [1.82, 2.24) is 14.7 Å². The topological polar surface area (TPSA) is 57.0 Å². The second kappa shape index (κ2) is 4.94. The van der Waals surface area contributed by atoms with Crippen LogP contribution in [0.5, 0.6) is 5.75 Å². The van der Waals surface area contributed by atoms with E-state index in [1.54, 1.807) is 25.1 Å². The van der Waals surface area contributed by atoms with Gasteiger partial charge in [-0.1, -0.05) is 29.8 Å². The molecule has 6 heteroatoms. The van der Waals surface area contributed by atoms with Crippen molar-refractivity contribution in [2.24, 2.45) is 0 Å². The van der Waals surface area contributed by atoms with Gasteiger partial charge in [0.15, 0.2) is 10.9 Å². The molecule has 0 bridgehead atoms. The summed E-state index contributed by atoms with van der Waals surface area (Å²) in [6.07, 6.45) is 1.47. The van der Waals surface area contributed by atoms with E-state index < -0.39 is 0 Å². The summed E-state index contributed by atoms with van der Waals surface area (Å²) >= 11 is 5.95. The number of hydrogen-bond donors (Lipinski definition) is 0. The van der Waals surface area contributed by atoms with Gasteiger partial charge < -0.3 is 4.84 Å². The first-order valence-corrected chi connectivity index (χ1v) is 6.32. The zero-order valence-corrected chi connectivity index (χ0v) is 11.3. The Bertz CT molecular complexity index is 831. The van der Waals surface area contributed by atoms with Crippen LogP contribution in [0.25, 0.3) is 10.9 Å². The van der Waals surface area contributed by atoms with E-state index >= 15 is 0 Å². The third-order valence-electron chi connectivity index (χ3n) is 2.80. The maximum Gasteiger partial charge on any atom is 0.294 e. The Hall–Kier alpha value is -2.40. The molecule has 3 aromatic rings. The first-order chi connectivity index (χ1) is 9.66. The minimum atomic E-state index is -0.319. The van der Waals surface area contributed by atoms with Gasteiger partial charge in [0.05, 0.1) is 5.39 Å². The number of pyridine rings is 1. The van der Waals surface area contributed by atoms with Gasteiger partial charge in [-0.2, -0.15) is 0 Å². The predicted molar refractivity (Wildman–Crippen MR) is 76.0 cm³/mol. The molecule has 2 heterocycles. The van der Waals surface area contributed by atoms with Crippen molar-refractivity contribution in [2.45, 2.75) is 6.92 Å². The van der Waals surface area contributed by atoms with Crippen LogP contribution in [-0.2, 0) is 0 Å². The van der Waals surface area contributed by atoms with E-state index in [0.29, 0.717) is 22.5 Å². The van der Waals surface area contributed by atoms with Crippen LogP contribution in [0.1, 0.15) is 5.82 Å². The predicted octanol–water partition coefficient (Wildman–Crippen LogP) is 2.60. The summed E-state index contributed by atoms with van der Waals surface area (Å²) in [6.45, 7) is 1.67. The number of halogens is 1. The van der Waals surface area contributed by atoms with Crippen LogP contribution >= 0.6 is 11.6 Å². The van der Waals surface area contributed by atoms with Crippen molar-refractivity contribution in [3.63, 3.8) is 0 Å². The summed E-state index contributed by atoms with van der Waals surface area (Å²) in [4.78, 5) is 26.2. The molecule has 0 amide bonds. The molecule has 0 saturated carbocycles. The molecule has 1 aromatic carbocycles. The lowest BCUT2D eigenvalue weighted by molar-refractivity contribution is 0.195. The average molecular weight is 288 g/mol. The molecule has 3 rings (SSSR count). The molecule has 0 atom stereocenters. The number of aromatic nitrogens is 3.